The lowest BCUT2D eigenvalue weighted by Gasteiger charge is -2.34. The minimum absolute atomic E-state index is 0.143. The number of para-hydroxylation sites is 1. The molecule has 0 N–H and O–H groups in total. The molecule has 1 aliphatic rings. The third kappa shape index (κ3) is 4.03. The van der Waals surface area contributed by atoms with Gasteiger partial charge in [-0.1, -0.05) is 18.2 Å². The lowest BCUT2D eigenvalue weighted by atomic mass is 10.1. The topological polar surface area (TPSA) is 41.4 Å². The van der Waals surface area contributed by atoms with E-state index in [1.807, 2.05) is 47.1 Å². The summed E-state index contributed by atoms with van der Waals surface area (Å²) in [7, 11) is 1.92. The molecule has 0 saturated carbocycles. The van der Waals surface area contributed by atoms with Gasteiger partial charge in [-0.25, -0.2) is 0 Å². The number of benzene rings is 1. The zero-order valence-corrected chi connectivity index (χ0v) is 15.8. The van der Waals surface area contributed by atoms with E-state index in [0.29, 0.717) is 0 Å². The molecule has 3 aromatic rings. The van der Waals surface area contributed by atoms with Crippen LogP contribution in [0, 0.1) is 0 Å². The fourth-order valence-electron chi connectivity index (χ4n) is 3.78. The van der Waals surface area contributed by atoms with Crippen molar-refractivity contribution < 1.29 is 4.79 Å². The molecular formula is C22H26N4O. The highest BCUT2D eigenvalue weighted by Gasteiger charge is 2.23. The Labute approximate surface area is 160 Å². The zero-order valence-electron chi connectivity index (χ0n) is 15.8. The molecule has 1 aromatic carbocycles. The Kier molecular flexibility index (Phi) is 5.21. The predicted octanol–water partition coefficient (Wildman–Crippen LogP) is 2.96. The van der Waals surface area contributed by atoms with Gasteiger partial charge in [-0.05, 0) is 49.2 Å². The molecule has 5 heteroatoms. The third-order valence-electron chi connectivity index (χ3n) is 5.41. The van der Waals surface area contributed by atoms with E-state index in [1.165, 1.54) is 10.9 Å². The van der Waals surface area contributed by atoms with Gasteiger partial charge in [-0.3, -0.25) is 14.7 Å². The third-order valence-corrected chi connectivity index (χ3v) is 5.41. The molecule has 0 spiro atoms. The van der Waals surface area contributed by atoms with E-state index in [4.69, 9.17) is 0 Å². The first-order chi connectivity index (χ1) is 13.2. The number of pyridine rings is 1. The fraction of sp³-hybridized carbons (Fsp3) is 0.364. The van der Waals surface area contributed by atoms with Crippen molar-refractivity contribution in [2.24, 2.45) is 7.05 Å². The maximum atomic E-state index is 12.6. The molecule has 1 aliphatic heterocycles. The second-order valence-corrected chi connectivity index (χ2v) is 7.28. The number of carbonyl (C=O) groups excluding carboxylic acids is 1. The van der Waals surface area contributed by atoms with Crippen molar-refractivity contribution in [2.45, 2.75) is 12.8 Å². The molecule has 0 bridgehead atoms. The van der Waals surface area contributed by atoms with Crippen molar-refractivity contribution in [2.75, 3.05) is 32.7 Å². The van der Waals surface area contributed by atoms with Crippen molar-refractivity contribution in [3.63, 3.8) is 0 Å². The van der Waals surface area contributed by atoms with Crippen LogP contribution in [0.15, 0.2) is 54.9 Å². The number of aryl methyl sites for hydroxylation is 2. The summed E-state index contributed by atoms with van der Waals surface area (Å²) < 4.78 is 1.90. The van der Waals surface area contributed by atoms with Gasteiger partial charge in [0.05, 0.1) is 5.52 Å². The molecular weight excluding hydrogens is 336 g/mol. The molecule has 0 atom stereocenters. The first kappa shape index (κ1) is 17.7. The summed E-state index contributed by atoms with van der Waals surface area (Å²) in [4.78, 5) is 21.6. The van der Waals surface area contributed by atoms with E-state index in [2.05, 4.69) is 34.1 Å². The number of piperazine rings is 1. The summed E-state index contributed by atoms with van der Waals surface area (Å²) in [5, 5.41) is 1.21. The van der Waals surface area contributed by atoms with Gasteiger partial charge in [-0.2, -0.15) is 0 Å². The van der Waals surface area contributed by atoms with Crippen molar-refractivity contribution in [3.8, 4) is 0 Å². The van der Waals surface area contributed by atoms with E-state index in [9.17, 15) is 4.79 Å². The molecule has 4 rings (SSSR count). The summed E-state index contributed by atoms with van der Waals surface area (Å²) in [5.41, 5.74) is 3.12. The first-order valence-corrected chi connectivity index (χ1v) is 9.67. The van der Waals surface area contributed by atoms with Gasteiger partial charge in [0.2, 0.25) is 0 Å². The van der Waals surface area contributed by atoms with Gasteiger partial charge in [0.15, 0.2) is 0 Å². The number of carbonyl (C=O) groups is 1. The van der Waals surface area contributed by atoms with Crippen molar-refractivity contribution >= 4 is 16.8 Å². The van der Waals surface area contributed by atoms with Crippen LogP contribution in [-0.4, -0.2) is 58.0 Å². The molecule has 5 nitrogen and oxygen atoms in total. The average molecular weight is 362 g/mol. The minimum Gasteiger partial charge on any atom is -0.347 e. The van der Waals surface area contributed by atoms with E-state index >= 15 is 0 Å². The van der Waals surface area contributed by atoms with E-state index < -0.39 is 0 Å². The van der Waals surface area contributed by atoms with Crippen LogP contribution >= 0.6 is 0 Å². The summed E-state index contributed by atoms with van der Waals surface area (Å²) in [6, 6.07) is 14.3. The Balaban J connectivity index is 1.24. The quantitative estimate of drug-likeness (QED) is 0.701. The average Bonchev–Trinajstić information content (AvgIpc) is 3.14. The molecule has 0 radical (unpaired) electrons. The molecule has 2 aromatic heterocycles. The zero-order chi connectivity index (χ0) is 18.6. The molecule has 1 fully saturated rings. The number of hydrogen-bond acceptors (Lipinski definition) is 3. The molecule has 0 aliphatic carbocycles. The Morgan fingerprint density at radius 3 is 2.67 bits per heavy atom. The monoisotopic (exact) mass is 362 g/mol. The number of hydrogen-bond donors (Lipinski definition) is 0. The van der Waals surface area contributed by atoms with Crippen LogP contribution < -0.4 is 0 Å². The predicted molar refractivity (Wildman–Crippen MR) is 108 cm³/mol. The largest absolute Gasteiger partial charge is 0.347 e. The first-order valence-electron chi connectivity index (χ1n) is 9.67. The Morgan fingerprint density at radius 2 is 1.89 bits per heavy atom. The molecule has 0 unspecified atom stereocenters. The summed E-state index contributed by atoms with van der Waals surface area (Å²) >= 11 is 0. The van der Waals surface area contributed by atoms with Crippen molar-refractivity contribution in [1.82, 2.24) is 19.4 Å². The van der Waals surface area contributed by atoms with Crippen LogP contribution in [0.2, 0.25) is 0 Å². The van der Waals surface area contributed by atoms with Crippen molar-refractivity contribution in [3.05, 3.63) is 66.1 Å². The fourth-order valence-corrected chi connectivity index (χ4v) is 3.78. The normalized spacial score (nSPS) is 15.4. The number of nitrogens with zero attached hydrogens (tertiary/aromatic N) is 4. The maximum Gasteiger partial charge on any atom is 0.270 e. The maximum absolute atomic E-state index is 12.6. The van der Waals surface area contributed by atoms with E-state index in [-0.39, 0.29) is 5.91 Å². The van der Waals surface area contributed by atoms with E-state index in [1.54, 1.807) is 0 Å². The van der Waals surface area contributed by atoms with Gasteiger partial charge in [0.1, 0.15) is 5.69 Å². The highest BCUT2D eigenvalue weighted by molar-refractivity contribution is 5.92. The van der Waals surface area contributed by atoms with Gasteiger partial charge >= 0.3 is 0 Å². The number of aromatic nitrogens is 2. The van der Waals surface area contributed by atoms with Crippen LogP contribution in [0.25, 0.3) is 10.9 Å². The van der Waals surface area contributed by atoms with Crippen LogP contribution in [0.1, 0.15) is 22.5 Å². The molecule has 3 heterocycles. The number of rotatable bonds is 5. The number of fused-ring (bicyclic) bond motifs is 1. The molecule has 27 heavy (non-hydrogen) atoms. The highest BCUT2D eigenvalue weighted by atomic mass is 16.2. The lowest BCUT2D eigenvalue weighted by Crippen LogP contribution is -2.49. The molecule has 140 valence electrons. The van der Waals surface area contributed by atoms with E-state index in [0.717, 1.165) is 56.8 Å². The summed E-state index contributed by atoms with van der Waals surface area (Å²) in [6.07, 6.45) is 6.08. The summed E-state index contributed by atoms with van der Waals surface area (Å²) in [5.74, 6) is 0.143. The lowest BCUT2D eigenvalue weighted by molar-refractivity contribution is 0.0627. The number of amides is 1. The van der Waals surface area contributed by atoms with Crippen molar-refractivity contribution in [1.29, 1.82) is 0 Å². The SMILES string of the molecule is Cn1cccc1C(=O)N1CCN(CCCc2cnc3ccccc3c2)CC1. The second-order valence-electron chi connectivity index (χ2n) is 7.28. The van der Waals surface area contributed by atoms with Crippen LogP contribution in [0.5, 0.6) is 0 Å². The highest BCUT2D eigenvalue weighted by Crippen LogP contribution is 2.15. The Hall–Kier alpha value is -2.66. The smallest absolute Gasteiger partial charge is 0.270 e. The van der Waals surface area contributed by atoms with Crippen LogP contribution in [0.4, 0.5) is 0 Å². The van der Waals surface area contributed by atoms with Gasteiger partial charge in [0, 0.05) is 51.0 Å². The van der Waals surface area contributed by atoms with Gasteiger partial charge < -0.3 is 9.47 Å². The van der Waals surface area contributed by atoms with Crippen LogP contribution in [-0.2, 0) is 13.5 Å². The Bertz CT molecular complexity index is 925. The van der Waals surface area contributed by atoms with Gasteiger partial charge in [0.25, 0.3) is 5.91 Å². The molecule has 1 amide bonds. The Morgan fingerprint density at radius 1 is 1.07 bits per heavy atom. The second kappa shape index (κ2) is 7.92. The summed E-state index contributed by atoms with van der Waals surface area (Å²) in [6.45, 7) is 4.58. The minimum atomic E-state index is 0.143. The molecule has 1 saturated heterocycles. The van der Waals surface area contributed by atoms with Crippen LogP contribution in [0.3, 0.4) is 0 Å². The standard InChI is InChI=1S/C22H26N4O/c1-24-10-5-9-21(24)22(27)26-14-12-25(13-15-26)11-4-6-18-16-19-7-2-3-8-20(19)23-17-18/h2-3,5,7-10,16-17H,4,6,11-15H2,1H3. The van der Waals surface area contributed by atoms with Gasteiger partial charge in [-0.15, -0.1) is 0 Å².